The van der Waals surface area contributed by atoms with Gasteiger partial charge in [-0.25, -0.2) is 4.79 Å². The van der Waals surface area contributed by atoms with Gasteiger partial charge in [-0.3, -0.25) is 4.79 Å². The van der Waals surface area contributed by atoms with Crippen LogP contribution in [0.5, 0.6) is 0 Å². The first kappa shape index (κ1) is 13.8. The Balaban J connectivity index is 2.64. The third kappa shape index (κ3) is 4.22. The minimum atomic E-state index is -0.922. The average Bonchev–Trinajstić information content (AvgIpc) is 2.13. The number of carbonyl (C=O) groups excluding carboxylic acids is 1. The Labute approximate surface area is 101 Å². The van der Waals surface area contributed by atoms with E-state index in [4.69, 9.17) is 15.6 Å². The molecular weight excluding hydrogens is 224 g/mol. The van der Waals surface area contributed by atoms with E-state index in [9.17, 15) is 9.59 Å². The van der Waals surface area contributed by atoms with Crippen molar-refractivity contribution in [3.8, 4) is 0 Å². The number of nitrogens with two attached hydrogens (primary N) is 1. The van der Waals surface area contributed by atoms with E-state index in [1.807, 2.05) is 0 Å². The van der Waals surface area contributed by atoms with Gasteiger partial charge >= 0.3 is 12.1 Å². The van der Waals surface area contributed by atoms with Gasteiger partial charge < -0.3 is 20.5 Å². The molecular formula is C11H20N2O4. The summed E-state index contributed by atoms with van der Waals surface area (Å²) in [6.45, 7) is 5.81. The van der Waals surface area contributed by atoms with E-state index < -0.39 is 23.6 Å². The van der Waals surface area contributed by atoms with Crippen molar-refractivity contribution in [1.82, 2.24) is 4.90 Å². The minimum Gasteiger partial charge on any atom is -0.481 e. The number of hydrogen-bond donors (Lipinski definition) is 2. The smallest absolute Gasteiger partial charge is 0.410 e. The number of carboxylic acids is 1. The maximum Gasteiger partial charge on any atom is 0.410 e. The van der Waals surface area contributed by atoms with Crippen molar-refractivity contribution in [2.45, 2.75) is 38.8 Å². The van der Waals surface area contributed by atoms with E-state index in [0.29, 0.717) is 13.0 Å². The molecule has 1 aliphatic heterocycles. The number of amides is 1. The van der Waals surface area contributed by atoms with Gasteiger partial charge in [0.25, 0.3) is 0 Å². The summed E-state index contributed by atoms with van der Waals surface area (Å²) in [6.07, 6.45) is -0.104. The topological polar surface area (TPSA) is 92.9 Å². The third-order valence-electron chi connectivity index (χ3n) is 2.48. The Morgan fingerprint density at radius 3 is 2.41 bits per heavy atom. The van der Waals surface area contributed by atoms with Gasteiger partial charge in [0.2, 0.25) is 0 Å². The van der Waals surface area contributed by atoms with Gasteiger partial charge in [-0.2, -0.15) is 0 Å². The normalized spacial score (nSPS) is 25.5. The molecule has 3 N–H and O–H groups in total. The van der Waals surface area contributed by atoms with Crippen molar-refractivity contribution in [3.63, 3.8) is 0 Å². The van der Waals surface area contributed by atoms with Crippen LogP contribution in [0, 0.1) is 5.92 Å². The highest BCUT2D eigenvalue weighted by Crippen LogP contribution is 2.18. The number of carboxylic acid groups (broad SMARTS) is 1. The second-order valence-electron chi connectivity index (χ2n) is 5.42. The van der Waals surface area contributed by atoms with Crippen LogP contribution in [0.1, 0.15) is 27.2 Å². The van der Waals surface area contributed by atoms with E-state index in [1.54, 1.807) is 20.8 Å². The molecule has 17 heavy (non-hydrogen) atoms. The van der Waals surface area contributed by atoms with Crippen molar-refractivity contribution in [2.24, 2.45) is 11.7 Å². The van der Waals surface area contributed by atoms with E-state index >= 15 is 0 Å². The fourth-order valence-corrected chi connectivity index (χ4v) is 1.79. The number of nitrogens with zero attached hydrogens (tertiary/aromatic N) is 1. The molecule has 6 heteroatoms. The Morgan fingerprint density at radius 1 is 1.35 bits per heavy atom. The molecule has 1 aliphatic rings. The van der Waals surface area contributed by atoms with E-state index in [1.165, 1.54) is 4.90 Å². The highest BCUT2D eigenvalue weighted by Gasteiger charge is 2.34. The molecule has 0 aliphatic carbocycles. The maximum absolute atomic E-state index is 11.8. The van der Waals surface area contributed by atoms with Gasteiger partial charge in [-0.15, -0.1) is 0 Å². The summed E-state index contributed by atoms with van der Waals surface area (Å²) in [5.41, 5.74) is 5.16. The van der Waals surface area contributed by atoms with Crippen LogP contribution in [0.25, 0.3) is 0 Å². The zero-order valence-corrected chi connectivity index (χ0v) is 10.5. The van der Waals surface area contributed by atoms with Crippen LogP contribution in [0.3, 0.4) is 0 Å². The molecule has 1 rings (SSSR count). The molecule has 2 atom stereocenters. The quantitative estimate of drug-likeness (QED) is 0.706. The van der Waals surface area contributed by atoms with Crippen molar-refractivity contribution in [1.29, 1.82) is 0 Å². The van der Waals surface area contributed by atoms with Crippen LogP contribution in [-0.2, 0) is 9.53 Å². The Bertz CT molecular complexity index is 311. The average molecular weight is 244 g/mol. The molecule has 0 aromatic carbocycles. The Morgan fingerprint density at radius 2 is 1.94 bits per heavy atom. The molecule has 0 radical (unpaired) electrons. The molecule has 1 amide bonds. The lowest BCUT2D eigenvalue weighted by Gasteiger charge is -2.35. The second-order valence-corrected chi connectivity index (χ2v) is 5.42. The van der Waals surface area contributed by atoms with Gasteiger partial charge in [0.05, 0.1) is 5.92 Å². The summed E-state index contributed by atoms with van der Waals surface area (Å²) in [4.78, 5) is 24.1. The highest BCUT2D eigenvalue weighted by molar-refractivity contribution is 5.73. The number of ether oxygens (including phenoxy) is 1. The van der Waals surface area contributed by atoms with E-state index in [2.05, 4.69) is 0 Å². The predicted octanol–water partition coefficient (Wildman–Crippen LogP) is 0.655. The molecule has 0 spiro atoms. The summed E-state index contributed by atoms with van der Waals surface area (Å²) in [7, 11) is 0. The van der Waals surface area contributed by atoms with Crippen molar-refractivity contribution in [2.75, 3.05) is 13.1 Å². The van der Waals surface area contributed by atoms with Crippen LogP contribution >= 0.6 is 0 Å². The number of aliphatic carboxylic acids is 1. The van der Waals surface area contributed by atoms with E-state index in [0.717, 1.165) is 0 Å². The maximum atomic E-state index is 11.8. The van der Waals surface area contributed by atoms with Gasteiger partial charge in [-0.1, -0.05) is 0 Å². The Hall–Kier alpha value is -1.30. The molecule has 1 fully saturated rings. The first-order valence-electron chi connectivity index (χ1n) is 5.65. The van der Waals surface area contributed by atoms with Crippen LogP contribution in [0.2, 0.25) is 0 Å². The van der Waals surface area contributed by atoms with Crippen LogP contribution in [-0.4, -0.2) is 46.8 Å². The number of carbonyl (C=O) groups is 2. The monoisotopic (exact) mass is 244 g/mol. The summed E-state index contributed by atoms with van der Waals surface area (Å²) in [5, 5.41) is 8.95. The zero-order valence-electron chi connectivity index (χ0n) is 10.5. The molecule has 6 nitrogen and oxygen atoms in total. The molecule has 98 valence electrons. The molecule has 1 saturated heterocycles. The number of likely N-dealkylation sites (tertiary alicyclic amines) is 1. The van der Waals surface area contributed by atoms with Crippen molar-refractivity contribution < 1.29 is 19.4 Å². The van der Waals surface area contributed by atoms with Crippen LogP contribution in [0.4, 0.5) is 4.79 Å². The van der Waals surface area contributed by atoms with Crippen LogP contribution in [0.15, 0.2) is 0 Å². The second kappa shape index (κ2) is 4.91. The summed E-state index contributed by atoms with van der Waals surface area (Å²) in [6, 6.07) is -0.308. The van der Waals surface area contributed by atoms with Gasteiger partial charge in [0.1, 0.15) is 5.60 Å². The first-order valence-corrected chi connectivity index (χ1v) is 5.65. The SMILES string of the molecule is CC(C)(C)OC(=O)N1CC(N)CC(C(=O)O)C1. The lowest BCUT2D eigenvalue weighted by Crippen LogP contribution is -2.52. The number of rotatable bonds is 1. The molecule has 2 unspecified atom stereocenters. The molecule has 0 aromatic heterocycles. The largest absolute Gasteiger partial charge is 0.481 e. The zero-order chi connectivity index (χ0) is 13.2. The van der Waals surface area contributed by atoms with Gasteiger partial charge in [0.15, 0.2) is 0 Å². The Kier molecular flexibility index (Phi) is 3.98. The summed E-state index contributed by atoms with van der Waals surface area (Å²) in [5.74, 6) is -1.53. The molecule has 0 bridgehead atoms. The molecule has 0 aromatic rings. The minimum absolute atomic E-state index is 0.165. The fraction of sp³-hybridized carbons (Fsp3) is 0.818. The fourth-order valence-electron chi connectivity index (χ4n) is 1.79. The van der Waals surface area contributed by atoms with Gasteiger partial charge in [-0.05, 0) is 27.2 Å². The van der Waals surface area contributed by atoms with Crippen molar-refractivity contribution >= 4 is 12.1 Å². The highest BCUT2D eigenvalue weighted by atomic mass is 16.6. The van der Waals surface area contributed by atoms with Crippen molar-refractivity contribution in [3.05, 3.63) is 0 Å². The van der Waals surface area contributed by atoms with Crippen LogP contribution < -0.4 is 5.73 Å². The van der Waals surface area contributed by atoms with Gasteiger partial charge in [0, 0.05) is 19.1 Å². The molecule has 0 saturated carbocycles. The summed E-state index contributed by atoms with van der Waals surface area (Å²) < 4.78 is 5.19. The lowest BCUT2D eigenvalue weighted by atomic mass is 9.95. The number of piperidine rings is 1. The first-order chi connectivity index (χ1) is 7.69. The third-order valence-corrected chi connectivity index (χ3v) is 2.48. The molecule has 1 heterocycles. The standard InChI is InChI=1S/C11H20N2O4/c1-11(2,3)17-10(16)13-5-7(9(14)15)4-8(12)6-13/h7-8H,4-6,12H2,1-3H3,(H,14,15). The lowest BCUT2D eigenvalue weighted by molar-refractivity contribution is -0.143. The predicted molar refractivity (Wildman–Crippen MR) is 61.5 cm³/mol. The van der Waals surface area contributed by atoms with E-state index in [-0.39, 0.29) is 12.6 Å². The number of hydrogen-bond acceptors (Lipinski definition) is 4. The summed E-state index contributed by atoms with van der Waals surface area (Å²) >= 11 is 0.